The quantitative estimate of drug-likeness (QED) is 0.164. The number of benzene rings is 9. The second-order valence-corrected chi connectivity index (χ2v) is 11.7. The Morgan fingerprint density at radius 3 is 1.75 bits per heavy atom. The van der Waals surface area contributed by atoms with Gasteiger partial charge in [0.25, 0.3) is 0 Å². The molecule has 9 rings (SSSR count). The van der Waals surface area contributed by atoms with Crippen molar-refractivity contribution in [2.75, 3.05) is 4.90 Å². The molecule has 0 amide bonds. The number of hydrogen-bond acceptors (Lipinski definition) is 1. The van der Waals surface area contributed by atoms with E-state index in [2.05, 4.69) is 0 Å². The van der Waals surface area contributed by atoms with E-state index < -0.39 is 131 Å². The molecule has 1 heteroatoms. The Kier molecular flexibility index (Phi) is 4.51. The van der Waals surface area contributed by atoms with Crippen LogP contribution in [0, 0.1) is 0 Å². The highest BCUT2D eigenvalue weighted by Gasteiger charge is 2.16. The van der Waals surface area contributed by atoms with Crippen molar-refractivity contribution in [1.82, 2.24) is 0 Å². The lowest BCUT2D eigenvalue weighted by Crippen LogP contribution is -2.10. The average molecular weight is 667 g/mol. The Labute approximate surface area is 323 Å². The van der Waals surface area contributed by atoms with Crippen LogP contribution in [0.15, 0.2) is 212 Å². The zero-order valence-corrected chi connectivity index (χ0v) is 26.8. The Bertz CT molecular complexity index is 3530. The van der Waals surface area contributed by atoms with Crippen molar-refractivity contribution in [2.24, 2.45) is 0 Å². The van der Waals surface area contributed by atoms with E-state index in [1.165, 1.54) is 4.90 Å². The number of nitrogens with zero attached hydrogens (tertiary/aromatic N) is 1. The maximum Gasteiger partial charge on any atom is 0.0651 e. The van der Waals surface area contributed by atoms with Crippen LogP contribution < -0.4 is 4.90 Å². The summed E-state index contributed by atoms with van der Waals surface area (Å²) in [7, 11) is 0. The molecule has 0 aliphatic carbocycles. The lowest BCUT2D eigenvalue weighted by atomic mass is 9.97. The summed E-state index contributed by atoms with van der Waals surface area (Å²) in [4.78, 5) is 1.18. The minimum Gasteiger partial charge on any atom is -0.310 e. The molecule has 0 unspecified atom stereocenters. The molecular formula is C50H35N. The van der Waals surface area contributed by atoms with Crippen LogP contribution in [0.2, 0.25) is 0 Å². The highest BCUT2D eigenvalue weighted by atomic mass is 15.1. The first kappa shape index (κ1) is 17.3. The Hall–Kier alpha value is -6.70. The van der Waals surface area contributed by atoms with E-state index >= 15 is 0 Å². The molecule has 0 atom stereocenters. The van der Waals surface area contributed by atoms with Crippen LogP contribution in [0.25, 0.3) is 66.1 Å². The van der Waals surface area contributed by atoms with Crippen LogP contribution in [-0.4, -0.2) is 0 Å². The van der Waals surface area contributed by atoms with E-state index in [0.29, 0.717) is 11.1 Å². The molecule has 0 heterocycles. The molecule has 9 aromatic rings. The van der Waals surface area contributed by atoms with Crippen molar-refractivity contribution in [3.8, 4) is 44.5 Å². The van der Waals surface area contributed by atoms with E-state index in [9.17, 15) is 8.22 Å². The fraction of sp³-hybridized carbons (Fsp3) is 0. The van der Waals surface area contributed by atoms with Gasteiger partial charge in [-0.1, -0.05) is 170 Å². The molecule has 0 aliphatic heterocycles. The van der Waals surface area contributed by atoms with Gasteiger partial charge < -0.3 is 4.90 Å². The van der Waals surface area contributed by atoms with Gasteiger partial charge >= 0.3 is 0 Å². The summed E-state index contributed by atoms with van der Waals surface area (Å²) in [5.74, 6) is 0. The number of hydrogen-bond donors (Lipinski definition) is 0. The molecule has 0 fully saturated rings. The van der Waals surface area contributed by atoms with Crippen LogP contribution in [0.4, 0.5) is 17.1 Å². The summed E-state index contributed by atoms with van der Waals surface area (Å²) in [5, 5.41) is 3.47. The van der Waals surface area contributed by atoms with Crippen molar-refractivity contribution in [3.05, 3.63) is 212 Å². The van der Waals surface area contributed by atoms with Crippen molar-refractivity contribution in [3.63, 3.8) is 0 Å². The lowest BCUT2D eigenvalue weighted by molar-refractivity contribution is 1.28. The zero-order valence-electron chi connectivity index (χ0n) is 43.8. The second-order valence-electron chi connectivity index (χ2n) is 11.7. The Balaban J connectivity index is 1.33. The SMILES string of the molecule is [2H]c1c([2H])c([2H])c(-c2c([2H])c([2H])c(-c3c([2H])c([2H])c(N(c4cccc(-c5cccc6ccccc56)c4)c4c([2H])c([2H])c([2H])c(-c5ccc6ccccc6c5)c4[2H])c([2H])c3[2H])c([2H])c2[2H])c([2H])c1[2H]. The molecular weight excluding hydrogens is 615 g/mol. The standard InChI is InChI=1S/C50H35N/c1-2-11-36(12-3-1)38-23-25-39(26-24-38)40-29-31-46(32-30-40)51(47-19-8-17-43(34-47)44-28-27-37-13-4-5-15-42(37)33-44)48-20-9-18-45(35-48)50-22-10-16-41-14-6-7-21-49(41)50/h1-35H/i1D,2D,3D,8D,11D,12D,17D,19D,23D,24D,25D,26D,29D,30D,31D,32D,34D. The van der Waals surface area contributed by atoms with Crippen molar-refractivity contribution in [2.45, 2.75) is 0 Å². The van der Waals surface area contributed by atoms with E-state index in [1.54, 1.807) is 36.4 Å². The summed E-state index contributed by atoms with van der Waals surface area (Å²) >= 11 is 0. The monoisotopic (exact) mass is 666 g/mol. The smallest absolute Gasteiger partial charge is 0.0651 e. The Morgan fingerprint density at radius 1 is 0.333 bits per heavy atom. The Morgan fingerprint density at radius 2 is 0.961 bits per heavy atom. The predicted octanol–water partition coefficient (Wildman–Crippen LogP) is 14.1. The third-order valence-electron chi connectivity index (χ3n) is 8.54. The minimum atomic E-state index is -0.868. The van der Waals surface area contributed by atoms with Gasteiger partial charge in [-0.25, -0.2) is 0 Å². The van der Waals surface area contributed by atoms with E-state index in [1.807, 2.05) is 72.8 Å². The molecule has 0 aliphatic rings. The van der Waals surface area contributed by atoms with Crippen LogP contribution in [0.3, 0.4) is 0 Å². The summed E-state index contributed by atoms with van der Waals surface area (Å²) in [6, 6.07) is 20.4. The van der Waals surface area contributed by atoms with Crippen molar-refractivity contribution in [1.29, 1.82) is 0 Å². The van der Waals surface area contributed by atoms with Gasteiger partial charge in [0.2, 0.25) is 0 Å². The molecule has 0 spiro atoms. The number of rotatable bonds is 7. The average Bonchev–Trinajstić information content (AvgIpc) is 3.34. The molecule has 9 aromatic carbocycles. The van der Waals surface area contributed by atoms with Crippen LogP contribution in [0.1, 0.15) is 23.3 Å². The molecule has 0 N–H and O–H groups in total. The zero-order chi connectivity index (χ0) is 48.8. The number of fused-ring (bicyclic) bond motifs is 2. The van der Waals surface area contributed by atoms with Gasteiger partial charge in [0.05, 0.1) is 23.3 Å². The molecule has 240 valence electrons. The molecule has 0 saturated carbocycles. The van der Waals surface area contributed by atoms with E-state index in [4.69, 9.17) is 15.1 Å². The maximum atomic E-state index is 9.78. The van der Waals surface area contributed by atoms with Crippen molar-refractivity contribution < 1.29 is 23.3 Å². The van der Waals surface area contributed by atoms with E-state index in [-0.39, 0.29) is 16.9 Å². The molecule has 1 nitrogen and oxygen atoms in total. The summed E-state index contributed by atoms with van der Waals surface area (Å²) in [6.07, 6.45) is 0. The molecule has 0 aromatic heterocycles. The molecule has 0 radical (unpaired) electrons. The first-order valence-corrected chi connectivity index (χ1v) is 16.1. The van der Waals surface area contributed by atoms with Crippen molar-refractivity contribution >= 4 is 38.6 Å². The van der Waals surface area contributed by atoms with Crippen LogP contribution in [0.5, 0.6) is 0 Å². The normalized spacial score (nSPS) is 15.8. The third-order valence-corrected chi connectivity index (χ3v) is 8.54. The fourth-order valence-electron chi connectivity index (χ4n) is 6.07. The number of anilines is 3. The fourth-order valence-corrected chi connectivity index (χ4v) is 6.07. The van der Waals surface area contributed by atoms with E-state index in [0.717, 1.165) is 27.1 Å². The first-order valence-electron chi connectivity index (χ1n) is 24.6. The third kappa shape index (κ3) is 6.07. The highest BCUT2D eigenvalue weighted by Crippen LogP contribution is 2.40. The van der Waals surface area contributed by atoms with Gasteiger partial charge in [-0.15, -0.1) is 0 Å². The first-order chi connectivity index (χ1) is 32.4. The topological polar surface area (TPSA) is 3.24 Å². The minimum absolute atomic E-state index is 0.0308. The highest BCUT2D eigenvalue weighted by molar-refractivity contribution is 5.97. The lowest BCUT2D eigenvalue weighted by Gasteiger charge is -2.27. The van der Waals surface area contributed by atoms with Gasteiger partial charge in [-0.2, -0.15) is 0 Å². The maximum absolute atomic E-state index is 9.78. The van der Waals surface area contributed by atoms with Gasteiger partial charge in [-0.05, 0) is 108 Å². The van der Waals surface area contributed by atoms with Gasteiger partial charge in [0.1, 0.15) is 0 Å². The predicted molar refractivity (Wildman–Crippen MR) is 218 cm³/mol. The summed E-state index contributed by atoms with van der Waals surface area (Å²) in [5.41, 5.74) is -1.43. The summed E-state index contributed by atoms with van der Waals surface area (Å²) < 4.78 is 153. The summed E-state index contributed by atoms with van der Waals surface area (Å²) in [6.45, 7) is 0. The molecule has 0 saturated heterocycles. The largest absolute Gasteiger partial charge is 0.310 e. The van der Waals surface area contributed by atoms with Gasteiger partial charge in [0.15, 0.2) is 0 Å². The van der Waals surface area contributed by atoms with Gasteiger partial charge in [-0.3, -0.25) is 0 Å². The van der Waals surface area contributed by atoms with Gasteiger partial charge in [0, 0.05) is 17.1 Å². The second kappa shape index (κ2) is 13.3. The van der Waals surface area contributed by atoms with Crippen LogP contribution >= 0.6 is 0 Å². The van der Waals surface area contributed by atoms with Crippen LogP contribution in [-0.2, 0) is 0 Å². The molecule has 0 bridgehead atoms. The molecule has 51 heavy (non-hydrogen) atoms.